The number of amides is 3. The van der Waals surface area contributed by atoms with Crippen molar-refractivity contribution >= 4 is 47.4 Å². The number of nitrogens with one attached hydrogen (secondary N) is 3. The van der Waals surface area contributed by atoms with Gasteiger partial charge in [0.05, 0.1) is 18.9 Å². The van der Waals surface area contributed by atoms with E-state index >= 15 is 0 Å². The van der Waals surface area contributed by atoms with E-state index in [0.717, 1.165) is 0 Å². The molecule has 3 amide bonds. The molecule has 0 fully saturated rings. The van der Waals surface area contributed by atoms with E-state index in [1.807, 2.05) is 5.32 Å². The van der Waals surface area contributed by atoms with Gasteiger partial charge in [-0.1, -0.05) is 0 Å². The number of rotatable bonds is 14. The Balaban J connectivity index is 5.42. The predicted octanol–water partition coefficient (Wildman–Crippen LogP) is -2.42. The SMILES string of the molecule is CSCCC(NC(=O)C(C)N)C(=O)NC(CC(=O)O)C(=O)NC(CC(=O)O)C(=O)O. The second-order valence-corrected chi connectivity index (χ2v) is 7.27. The number of hydrogen-bond donors (Lipinski definition) is 7. The zero-order chi connectivity index (χ0) is 23.4. The van der Waals surface area contributed by atoms with Gasteiger partial charge in [-0.25, -0.2) is 4.79 Å². The van der Waals surface area contributed by atoms with Crippen molar-refractivity contribution in [2.75, 3.05) is 12.0 Å². The molecule has 0 aliphatic heterocycles. The van der Waals surface area contributed by atoms with Crippen LogP contribution in [0.15, 0.2) is 0 Å². The predicted molar refractivity (Wildman–Crippen MR) is 105 cm³/mol. The fourth-order valence-electron chi connectivity index (χ4n) is 2.11. The number of carbonyl (C=O) groups is 6. The van der Waals surface area contributed by atoms with E-state index < -0.39 is 72.6 Å². The van der Waals surface area contributed by atoms with E-state index in [-0.39, 0.29) is 6.42 Å². The third-order valence-electron chi connectivity index (χ3n) is 3.66. The van der Waals surface area contributed by atoms with Crippen molar-refractivity contribution in [3.8, 4) is 0 Å². The van der Waals surface area contributed by atoms with Gasteiger partial charge in [-0.15, -0.1) is 0 Å². The quantitative estimate of drug-likeness (QED) is 0.147. The average Bonchev–Trinajstić information content (AvgIpc) is 2.62. The number of carboxylic acids is 3. The first-order valence-electron chi connectivity index (χ1n) is 8.71. The molecule has 13 nitrogen and oxygen atoms in total. The summed E-state index contributed by atoms with van der Waals surface area (Å²) in [5.41, 5.74) is 5.46. The highest BCUT2D eigenvalue weighted by Gasteiger charge is 2.31. The number of nitrogens with two attached hydrogens (primary N) is 1. The minimum Gasteiger partial charge on any atom is -0.481 e. The molecule has 0 aliphatic rings. The number of aliphatic carboxylic acids is 3. The zero-order valence-corrected chi connectivity index (χ0v) is 17.2. The molecule has 0 aromatic heterocycles. The Kier molecular flexibility index (Phi) is 12.1. The molecule has 0 heterocycles. The van der Waals surface area contributed by atoms with Crippen molar-refractivity contribution in [1.82, 2.24) is 16.0 Å². The van der Waals surface area contributed by atoms with E-state index in [2.05, 4.69) is 10.6 Å². The van der Waals surface area contributed by atoms with Crippen molar-refractivity contribution in [3.63, 3.8) is 0 Å². The highest BCUT2D eigenvalue weighted by Crippen LogP contribution is 2.04. The van der Waals surface area contributed by atoms with Crippen LogP contribution in [0.5, 0.6) is 0 Å². The topological polar surface area (TPSA) is 225 Å². The van der Waals surface area contributed by atoms with Crippen LogP contribution in [-0.4, -0.2) is 87.1 Å². The molecule has 0 aromatic carbocycles. The Morgan fingerprint density at radius 2 is 1.23 bits per heavy atom. The van der Waals surface area contributed by atoms with Crippen LogP contribution < -0.4 is 21.7 Å². The molecule has 0 radical (unpaired) electrons. The standard InChI is InChI=1S/C16H26N4O9S/c1-7(17)13(25)18-8(3-4-30-2)14(26)19-9(5-11(21)22)15(27)20-10(16(28)29)6-12(23)24/h7-10H,3-6,17H2,1-2H3,(H,18,25)(H,19,26)(H,20,27)(H,21,22)(H,23,24)(H,28,29). The first-order valence-corrected chi connectivity index (χ1v) is 10.1. The molecule has 0 aliphatic carbocycles. The monoisotopic (exact) mass is 450 g/mol. The van der Waals surface area contributed by atoms with Gasteiger partial charge in [-0.05, 0) is 25.4 Å². The fraction of sp³-hybridized carbons (Fsp3) is 0.625. The lowest BCUT2D eigenvalue weighted by Crippen LogP contribution is -2.57. The van der Waals surface area contributed by atoms with Gasteiger partial charge in [-0.2, -0.15) is 11.8 Å². The van der Waals surface area contributed by atoms with Crippen molar-refractivity contribution in [2.45, 2.75) is 50.4 Å². The molecule has 0 rings (SSSR count). The summed E-state index contributed by atoms with van der Waals surface area (Å²) in [4.78, 5) is 69.6. The van der Waals surface area contributed by atoms with Crippen LogP contribution >= 0.6 is 11.8 Å². The molecule has 8 N–H and O–H groups in total. The maximum Gasteiger partial charge on any atom is 0.326 e. The lowest BCUT2D eigenvalue weighted by molar-refractivity contribution is -0.148. The third kappa shape index (κ3) is 10.6. The summed E-state index contributed by atoms with van der Waals surface area (Å²) >= 11 is 1.38. The van der Waals surface area contributed by atoms with E-state index in [0.29, 0.717) is 5.75 Å². The Bertz CT molecular complexity index is 671. The van der Waals surface area contributed by atoms with E-state index in [1.165, 1.54) is 18.7 Å². The second-order valence-electron chi connectivity index (χ2n) is 6.29. The maximum atomic E-state index is 12.5. The highest BCUT2D eigenvalue weighted by molar-refractivity contribution is 7.98. The summed E-state index contributed by atoms with van der Waals surface area (Å²) in [6, 6.07) is -5.56. The third-order valence-corrected chi connectivity index (χ3v) is 4.31. The number of carbonyl (C=O) groups excluding carboxylic acids is 3. The van der Waals surface area contributed by atoms with Gasteiger partial charge in [0.15, 0.2) is 0 Å². The Hall–Kier alpha value is -2.87. The molecule has 4 unspecified atom stereocenters. The molecule has 0 spiro atoms. The van der Waals surface area contributed by atoms with Crippen LogP contribution in [0.3, 0.4) is 0 Å². The molecule has 0 bridgehead atoms. The first-order chi connectivity index (χ1) is 13.9. The normalized spacial score (nSPS) is 14.5. The fourth-order valence-corrected chi connectivity index (χ4v) is 2.58. The van der Waals surface area contributed by atoms with Gasteiger partial charge in [0, 0.05) is 0 Å². The van der Waals surface area contributed by atoms with E-state index in [4.69, 9.17) is 21.1 Å². The van der Waals surface area contributed by atoms with Crippen molar-refractivity contribution in [3.05, 3.63) is 0 Å². The number of thioether (sulfide) groups is 1. The van der Waals surface area contributed by atoms with Gasteiger partial charge in [0.25, 0.3) is 0 Å². The summed E-state index contributed by atoms with van der Waals surface area (Å²) < 4.78 is 0. The average molecular weight is 450 g/mol. The van der Waals surface area contributed by atoms with Gasteiger partial charge < -0.3 is 37.0 Å². The minimum atomic E-state index is -1.83. The molecule has 4 atom stereocenters. The van der Waals surface area contributed by atoms with Gasteiger partial charge in [0.2, 0.25) is 17.7 Å². The van der Waals surface area contributed by atoms with Gasteiger partial charge in [-0.3, -0.25) is 24.0 Å². The van der Waals surface area contributed by atoms with E-state index in [1.54, 1.807) is 6.26 Å². The lowest BCUT2D eigenvalue weighted by atomic mass is 10.1. The molecule has 14 heteroatoms. The first kappa shape index (κ1) is 27.1. The van der Waals surface area contributed by atoms with Crippen LogP contribution in [-0.2, 0) is 28.8 Å². The van der Waals surface area contributed by atoms with Crippen LogP contribution in [0.1, 0.15) is 26.2 Å². The number of hydrogen-bond acceptors (Lipinski definition) is 8. The smallest absolute Gasteiger partial charge is 0.326 e. The van der Waals surface area contributed by atoms with Crippen molar-refractivity contribution < 1.29 is 44.1 Å². The minimum absolute atomic E-state index is 0.156. The van der Waals surface area contributed by atoms with Crippen molar-refractivity contribution in [1.29, 1.82) is 0 Å². The molecule has 0 saturated carbocycles. The molecule has 170 valence electrons. The Labute approximate surface area is 176 Å². The van der Waals surface area contributed by atoms with Crippen LogP contribution in [0.2, 0.25) is 0 Å². The van der Waals surface area contributed by atoms with Gasteiger partial charge in [0.1, 0.15) is 18.1 Å². The Morgan fingerprint density at radius 1 is 0.800 bits per heavy atom. The summed E-state index contributed by atoms with van der Waals surface area (Å²) in [6.45, 7) is 1.40. The lowest BCUT2D eigenvalue weighted by Gasteiger charge is -2.24. The molecule has 0 aromatic rings. The van der Waals surface area contributed by atoms with Crippen molar-refractivity contribution in [2.24, 2.45) is 5.73 Å². The summed E-state index contributed by atoms with van der Waals surface area (Å²) in [5.74, 6) is -6.87. The molecular weight excluding hydrogens is 424 g/mol. The summed E-state index contributed by atoms with van der Waals surface area (Å²) in [5, 5.41) is 33.2. The summed E-state index contributed by atoms with van der Waals surface area (Å²) in [6.07, 6.45) is 0.0736. The van der Waals surface area contributed by atoms with Crippen LogP contribution in [0.25, 0.3) is 0 Å². The summed E-state index contributed by atoms with van der Waals surface area (Å²) in [7, 11) is 0. The van der Waals surface area contributed by atoms with Gasteiger partial charge >= 0.3 is 17.9 Å². The van der Waals surface area contributed by atoms with Crippen LogP contribution in [0.4, 0.5) is 0 Å². The number of carboxylic acid groups (broad SMARTS) is 3. The highest BCUT2D eigenvalue weighted by atomic mass is 32.2. The molecule has 0 saturated heterocycles. The molecule has 30 heavy (non-hydrogen) atoms. The van der Waals surface area contributed by atoms with Crippen LogP contribution in [0, 0.1) is 0 Å². The Morgan fingerprint density at radius 3 is 1.67 bits per heavy atom. The van der Waals surface area contributed by atoms with E-state index in [9.17, 15) is 28.8 Å². The molecular formula is C16H26N4O9S. The largest absolute Gasteiger partial charge is 0.481 e. The second kappa shape index (κ2) is 13.4. The zero-order valence-electron chi connectivity index (χ0n) is 16.4. The maximum absolute atomic E-state index is 12.5.